The molecule has 6 heteroatoms. The number of hydrazone groups is 1. The van der Waals surface area contributed by atoms with Crippen LogP contribution in [0.25, 0.3) is 0 Å². The molecule has 0 rings (SSSR count). The molecule has 18 heavy (non-hydrogen) atoms. The lowest BCUT2D eigenvalue weighted by Crippen LogP contribution is -2.34. The summed E-state index contributed by atoms with van der Waals surface area (Å²) in [6.07, 6.45) is 1.76. The van der Waals surface area contributed by atoms with E-state index in [1.54, 1.807) is 27.7 Å². The second kappa shape index (κ2) is 7.47. The maximum Gasteiger partial charge on any atom is 0.431 e. The smallest absolute Gasteiger partial charge is 0.431 e. The van der Waals surface area contributed by atoms with Crippen LogP contribution in [0.4, 0.5) is 4.79 Å². The largest absolute Gasteiger partial charge is 0.462 e. The van der Waals surface area contributed by atoms with E-state index in [9.17, 15) is 9.59 Å². The van der Waals surface area contributed by atoms with Crippen molar-refractivity contribution in [3.05, 3.63) is 12.7 Å². The molecule has 0 aliphatic rings. The number of rotatable bonds is 5. The van der Waals surface area contributed by atoms with E-state index in [1.807, 2.05) is 0 Å². The van der Waals surface area contributed by atoms with Crippen LogP contribution < -0.4 is 0 Å². The Morgan fingerprint density at radius 2 is 2.00 bits per heavy atom. The van der Waals surface area contributed by atoms with Crippen molar-refractivity contribution in [2.24, 2.45) is 5.10 Å². The van der Waals surface area contributed by atoms with E-state index in [0.29, 0.717) is 0 Å². The van der Waals surface area contributed by atoms with Gasteiger partial charge in [-0.2, -0.15) is 10.1 Å². The number of carbonyl (C=O) groups is 2. The Kier molecular flexibility index (Phi) is 6.70. The molecular weight excluding hydrogens is 236 g/mol. The van der Waals surface area contributed by atoms with Gasteiger partial charge in [-0.25, -0.2) is 9.59 Å². The fourth-order valence-electron chi connectivity index (χ4n) is 0.902. The zero-order chi connectivity index (χ0) is 14.2. The molecule has 0 heterocycles. The number of hydrogen-bond acceptors (Lipinski definition) is 5. The van der Waals surface area contributed by atoms with Crippen molar-refractivity contribution in [3.8, 4) is 0 Å². The minimum absolute atomic E-state index is 0.144. The highest BCUT2D eigenvalue weighted by Gasteiger charge is 2.21. The van der Waals surface area contributed by atoms with Crippen LogP contribution in [-0.4, -0.2) is 42.0 Å². The molecule has 0 aromatic heterocycles. The highest BCUT2D eigenvalue weighted by molar-refractivity contribution is 6.23. The Morgan fingerprint density at radius 3 is 2.44 bits per heavy atom. The predicted octanol–water partition coefficient (Wildman–Crippen LogP) is 1.96. The lowest BCUT2D eigenvalue weighted by atomic mass is 10.2. The second-order valence-electron chi connectivity index (χ2n) is 4.35. The summed E-state index contributed by atoms with van der Waals surface area (Å²) in [7, 11) is 0. The fourth-order valence-corrected chi connectivity index (χ4v) is 0.902. The summed E-state index contributed by atoms with van der Waals surface area (Å²) in [6, 6.07) is 0. The zero-order valence-corrected chi connectivity index (χ0v) is 11.3. The van der Waals surface area contributed by atoms with Gasteiger partial charge in [-0.05, 0) is 27.7 Å². The Labute approximate surface area is 107 Å². The quantitative estimate of drug-likeness (QED) is 0.326. The van der Waals surface area contributed by atoms with Gasteiger partial charge in [-0.1, -0.05) is 6.08 Å². The summed E-state index contributed by atoms with van der Waals surface area (Å²) in [5, 5.41) is 4.70. The van der Waals surface area contributed by atoms with E-state index in [-0.39, 0.29) is 13.2 Å². The first-order valence-corrected chi connectivity index (χ1v) is 5.62. The van der Waals surface area contributed by atoms with E-state index in [4.69, 9.17) is 4.74 Å². The number of esters is 1. The van der Waals surface area contributed by atoms with Gasteiger partial charge in [0.05, 0.1) is 13.2 Å². The molecular formula is C12H20N2O4. The van der Waals surface area contributed by atoms with Crippen molar-refractivity contribution < 1.29 is 19.1 Å². The number of nitrogens with zero attached hydrogens (tertiary/aromatic N) is 2. The fraction of sp³-hybridized carbons (Fsp3) is 0.583. The third-order valence-electron chi connectivity index (χ3n) is 1.50. The minimum Gasteiger partial charge on any atom is -0.462 e. The average Bonchev–Trinajstić information content (AvgIpc) is 2.22. The average molecular weight is 256 g/mol. The first kappa shape index (κ1) is 16.1. The van der Waals surface area contributed by atoms with Crippen LogP contribution in [0, 0.1) is 0 Å². The molecule has 6 nitrogen and oxygen atoms in total. The Balaban J connectivity index is 4.60. The molecule has 0 aliphatic heterocycles. The Hall–Kier alpha value is -1.85. The lowest BCUT2D eigenvalue weighted by molar-refractivity contribution is -0.134. The SMILES string of the molecule is C=CCN(/N=C/C(=O)OCC)C(=O)OC(C)(C)C. The van der Waals surface area contributed by atoms with Crippen LogP contribution in [0.5, 0.6) is 0 Å². The minimum atomic E-state index is -0.650. The normalized spacial score (nSPS) is 11.1. The summed E-state index contributed by atoms with van der Waals surface area (Å²) in [5.74, 6) is -0.616. The molecule has 102 valence electrons. The van der Waals surface area contributed by atoms with Crippen molar-refractivity contribution in [2.45, 2.75) is 33.3 Å². The van der Waals surface area contributed by atoms with Crippen LogP contribution in [-0.2, 0) is 14.3 Å². The van der Waals surface area contributed by atoms with Crippen LogP contribution >= 0.6 is 0 Å². The topological polar surface area (TPSA) is 68.2 Å². The van der Waals surface area contributed by atoms with Crippen molar-refractivity contribution in [1.82, 2.24) is 5.01 Å². The summed E-state index contributed by atoms with van der Waals surface area (Å²) in [6.45, 7) is 10.8. The summed E-state index contributed by atoms with van der Waals surface area (Å²) < 4.78 is 9.78. The maximum atomic E-state index is 11.7. The molecule has 0 saturated carbocycles. The van der Waals surface area contributed by atoms with Crippen molar-refractivity contribution in [3.63, 3.8) is 0 Å². The predicted molar refractivity (Wildman–Crippen MR) is 68.3 cm³/mol. The number of amides is 1. The number of ether oxygens (including phenoxy) is 2. The van der Waals surface area contributed by atoms with Crippen molar-refractivity contribution in [1.29, 1.82) is 0 Å². The molecule has 0 saturated heterocycles. The van der Waals surface area contributed by atoms with Gasteiger partial charge in [0.1, 0.15) is 11.8 Å². The monoisotopic (exact) mass is 256 g/mol. The maximum absolute atomic E-state index is 11.7. The van der Waals surface area contributed by atoms with Gasteiger partial charge in [-0.3, -0.25) is 0 Å². The van der Waals surface area contributed by atoms with Crippen LogP contribution in [0.1, 0.15) is 27.7 Å². The summed E-state index contributed by atoms with van der Waals surface area (Å²) in [5.41, 5.74) is -0.629. The molecule has 0 aromatic rings. The first-order valence-electron chi connectivity index (χ1n) is 5.62. The van der Waals surface area contributed by atoms with Crippen molar-refractivity contribution >= 4 is 18.3 Å². The van der Waals surface area contributed by atoms with Gasteiger partial charge in [0.2, 0.25) is 0 Å². The second-order valence-corrected chi connectivity index (χ2v) is 4.35. The first-order chi connectivity index (χ1) is 8.30. The van der Waals surface area contributed by atoms with Gasteiger partial charge in [-0.15, -0.1) is 6.58 Å². The number of hydrogen-bond donors (Lipinski definition) is 0. The number of carbonyl (C=O) groups excluding carboxylic acids is 2. The molecule has 0 radical (unpaired) electrons. The van der Waals surface area contributed by atoms with Gasteiger partial charge in [0, 0.05) is 0 Å². The van der Waals surface area contributed by atoms with Crippen LogP contribution in [0.3, 0.4) is 0 Å². The molecule has 0 aromatic carbocycles. The van der Waals surface area contributed by atoms with Gasteiger partial charge < -0.3 is 9.47 Å². The molecule has 0 bridgehead atoms. The van der Waals surface area contributed by atoms with E-state index in [0.717, 1.165) is 11.2 Å². The zero-order valence-electron chi connectivity index (χ0n) is 11.3. The van der Waals surface area contributed by atoms with Crippen LogP contribution in [0.15, 0.2) is 17.8 Å². The standard InChI is InChI=1S/C12H20N2O4/c1-6-8-14(11(16)18-12(3,4)5)13-9-10(15)17-7-2/h6,9H,1,7-8H2,2-5H3/b13-9+. The van der Waals surface area contributed by atoms with Gasteiger partial charge >= 0.3 is 12.1 Å². The Bertz CT molecular complexity index is 331. The molecule has 1 amide bonds. The van der Waals surface area contributed by atoms with Gasteiger partial charge in [0.15, 0.2) is 0 Å². The van der Waals surface area contributed by atoms with E-state index >= 15 is 0 Å². The molecule has 0 atom stereocenters. The third-order valence-corrected chi connectivity index (χ3v) is 1.50. The highest BCUT2D eigenvalue weighted by atomic mass is 16.6. The van der Waals surface area contributed by atoms with Crippen molar-refractivity contribution in [2.75, 3.05) is 13.2 Å². The van der Waals surface area contributed by atoms with E-state index in [2.05, 4.69) is 16.4 Å². The van der Waals surface area contributed by atoms with Crippen LogP contribution in [0.2, 0.25) is 0 Å². The van der Waals surface area contributed by atoms with E-state index in [1.165, 1.54) is 6.08 Å². The molecule has 0 aliphatic carbocycles. The van der Waals surface area contributed by atoms with Gasteiger partial charge in [0.25, 0.3) is 0 Å². The lowest BCUT2D eigenvalue weighted by Gasteiger charge is -2.23. The van der Waals surface area contributed by atoms with E-state index < -0.39 is 17.7 Å². The summed E-state index contributed by atoms with van der Waals surface area (Å²) >= 11 is 0. The molecule has 0 N–H and O–H groups in total. The Morgan fingerprint density at radius 1 is 1.39 bits per heavy atom. The molecule has 0 fully saturated rings. The highest BCUT2D eigenvalue weighted by Crippen LogP contribution is 2.10. The molecule has 0 unspecified atom stereocenters. The molecule has 0 spiro atoms. The third kappa shape index (κ3) is 7.43. The summed E-state index contributed by atoms with van der Waals surface area (Å²) in [4.78, 5) is 22.8.